The van der Waals surface area contributed by atoms with Gasteiger partial charge in [-0.05, 0) is 66.7 Å². The van der Waals surface area contributed by atoms with Crippen molar-refractivity contribution in [3.05, 3.63) is 65.5 Å². The van der Waals surface area contributed by atoms with Gasteiger partial charge in [-0.2, -0.15) is 13.2 Å². The molecule has 2 aliphatic carbocycles. The van der Waals surface area contributed by atoms with Crippen LogP contribution in [0.3, 0.4) is 0 Å². The first-order chi connectivity index (χ1) is 17.1. The second-order valence-electron chi connectivity index (χ2n) is 9.62. The number of likely N-dealkylation sites (tertiary alicyclic amines) is 1. The third-order valence-electron chi connectivity index (χ3n) is 7.12. The number of amides is 2. The standard InChI is InChI=1S/C24H27N3O2.C2HF3O2/c28-22(26-18-8-9-18)15-17-16-24(20-6-2-1-5-19(17)20)10-13-27(14-11-24)23(29)21-7-3-4-12-25-21;3-2(4,5)1(6)7/h1-7,12,17-18H,8-11,13-16H2,(H,26,28);(H,6,7). The van der Waals surface area contributed by atoms with Gasteiger partial charge in [-0.25, -0.2) is 4.79 Å². The minimum Gasteiger partial charge on any atom is -0.475 e. The molecule has 5 rings (SSSR count). The molecule has 0 bridgehead atoms. The maximum Gasteiger partial charge on any atom is 0.490 e. The maximum absolute atomic E-state index is 12.8. The Kier molecular flexibility index (Phi) is 7.33. The molecule has 1 spiro atoms. The molecule has 192 valence electrons. The van der Waals surface area contributed by atoms with Crippen LogP contribution >= 0.6 is 0 Å². The summed E-state index contributed by atoms with van der Waals surface area (Å²) in [5.74, 6) is -2.27. The molecule has 1 aliphatic heterocycles. The van der Waals surface area contributed by atoms with E-state index >= 15 is 0 Å². The molecule has 0 radical (unpaired) electrons. The van der Waals surface area contributed by atoms with Crippen molar-refractivity contribution in [1.29, 1.82) is 0 Å². The smallest absolute Gasteiger partial charge is 0.475 e. The molecule has 1 atom stereocenters. The molecule has 7 nitrogen and oxygen atoms in total. The second kappa shape index (κ2) is 10.3. The molecular formula is C26H28F3N3O4. The van der Waals surface area contributed by atoms with Crippen molar-refractivity contribution < 1.29 is 32.7 Å². The summed E-state index contributed by atoms with van der Waals surface area (Å²) in [5, 5.41) is 10.3. The van der Waals surface area contributed by atoms with Crippen molar-refractivity contribution in [2.45, 2.75) is 62.1 Å². The summed E-state index contributed by atoms with van der Waals surface area (Å²) in [6, 6.07) is 14.5. The van der Waals surface area contributed by atoms with Gasteiger partial charge in [0.25, 0.3) is 5.91 Å². The first-order valence-electron chi connectivity index (χ1n) is 12.0. The van der Waals surface area contributed by atoms with Crippen LogP contribution < -0.4 is 5.32 Å². The molecule has 1 aromatic carbocycles. The van der Waals surface area contributed by atoms with Gasteiger partial charge in [0.15, 0.2) is 0 Å². The number of hydrogen-bond acceptors (Lipinski definition) is 4. The molecule has 3 aliphatic rings. The van der Waals surface area contributed by atoms with Gasteiger partial charge in [0.2, 0.25) is 5.91 Å². The largest absolute Gasteiger partial charge is 0.490 e. The number of pyridine rings is 1. The van der Waals surface area contributed by atoms with Crippen LogP contribution in [0.2, 0.25) is 0 Å². The average molecular weight is 504 g/mol. The third kappa shape index (κ3) is 5.85. The van der Waals surface area contributed by atoms with E-state index in [1.807, 2.05) is 17.0 Å². The van der Waals surface area contributed by atoms with Crippen molar-refractivity contribution in [1.82, 2.24) is 15.2 Å². The van der Waals surface area contributed by atoms with Gasteiger partial charge < -0.3 is 15.3 Å². The lowest BCUT2D eigenvalue weighted by Crippen LogP contribution is -2.44. The van der Waals surface area contributed by atoms with Crippen LogP contribution in [0.15, 0.2) is 48.7 Å². The normalized spacial score (nSPS) is 20.2. The molecule has 1 saturated heterocycles. The van der Waals surface area contributed by atoms with Gasteiger partial charge in [-0.3, -0.25) is 14.6 Å². The highest BCUT2D eigenvalue weighted by Crippen LogP contribution is 2.52. The summed E-state index contributed by atoms with van der Waals surface area (Å²) in [5.41, 5.74) is 3.34. The first-order valence-corrected chi connectivity index (χ1v) is 12.0. The number of hydrogen-bond donors (Lipinski definition) is 2. The van der Waals surface area contributed by atoms with E-state index in [1.54, 1.807) is 12.3 Å². The average Bonchev–Trinajstić information content (AvgIpc) is 3.63. The van der Waals surface area contributed by atoms with Gasteiger partial charge in [0, 0.05) is 31.7 Å². The summed E-state index contributed by atoms with van der Waals surface area (Å²) in [7, 11) is 0. The number of fused-ring (bicyclic) bond motifs is 2. The Bertz CT molecular complexity index is 1110. The number of carbonyl (C=O) groups is 3. The highest BCUT2D eigenvalue weighted by atomic mass is 19.4. The number of carbonyl (C=O) groups excluding carboxylic acids is 2. The van der Waals surface area contributed by atoms with E-state index < -0.39 is 12.1 Å². The SMILES string of the molecule is O=C(CC1CC2(CCN(C(=O)c3ccccn3)CC2)c2ccccc21)NC1CC1.O=C(O)C(F)(F)F. The van der Waals surface area contributed by atoms with Crippen molar-refractivity contribution in [2.75, 3.05) is 13.1 Å². The molecule has 2 fully saturated rings. The fourth-order valence-corrected chi connectivity index (χ4v) is 5.21. The van der Waals surface area contributed by atoms with Crippen molar-refractivity contribution in [3.63, 3.8) is 0 Å². The Hall–Kier alpha value is -3.43. The maximum atomic E-state index is 12.8. The molecule has 1 saturated carbocycles. The second-order valence-corrected chi connectivity index (χ2v) is 9.62. The Morgan fingerprint density at radius 1 is 1.06 bits per heavy atom. The van der Waals surface area contributed by atoms with Crippen molar-refractivity contribution in [2.24, 2.45) is 0 Å². The number of nitrogens with zero attached hydrogens (tertiary/aromatic N) is 2. The van der Waals surface area contributed by atoms with E-state index in [0.717, 1.165) is 45.2 Å². The molecule has 1 unspecified atom stereocenters. The predicted molar refractivity (Wildman–Crippen MR) is 124 cm³/mol. The Morgan fingerprint density at radius 3 is 2.28 bits per heavy atom. The van der Waals surface area contributed by atoms with Gasteiger partial charge in [-0.15, -0.1) is 0 Å². The number of rotatable bonds is 4. The first kappa shape index (κ1) is 25.7. The molecule has 1 aromatic heterocycles. The molecule has 10 heteroatoms. The number of aliphatic carboxylic acids is 1. The number of halogens is 3. The Morgan fingerprint density at radius 2 is 1.69 bits per heavy atom. The number of aromatic nitrogens is 1. The van der Waals surface area contributed by atoms with E-state index in [9.17, 15) is 22.8 Å². The number of benzene rings is 1. The zero-order chi connectivity index (χ0) is 25.9. The lowest BCUT2D eigenvalue weighted by molar-refractivity contribution is -0.192. The molecule has 2 N–H and O–H groups in total. The van der Waals surface area contributed by atoms with Crippen molar-refractivity contribution in [3.8, 4) is 0 Å². The summed E-state index contributed by atoms with van der Waals surface area (Å²) in [6.07, 6.45) is 2.31. The van der Waals surface area contributed by atoms with Crippen LogP contribution in [0.5, 0.6) is 0 Å². The van der Waals surface area contributed by atoms with Crippen molar-refractivity contribution >= 4 is 17.8 Å². The molecule has 2 amide bonds. The van der Waals surface area contributed by atoms with E-state index in [2.05, 4.69) is 34.6 Å². The van der Waals surface area contributed by atoms with Gasteiger partial charge >= 0.3 is 12.1 Å². The van der Waals surface area contributed by atoms with Crippen LogP contribution in [-0.4, -0.2) is 58.1 Å². The van der Waals surface area contributed by atoms with E-state index in [1.165, 1.54) is 11.1 Å². The van der Waals surface area contributed by atoms with Crippen LogP contribution in [-0.2, 0) is 15.0 Å². The lowest BCUT2D eigenvalue weighted by atomic mass is 9.73. The Balaban J connectivity index is 0.000000384. The number of alkyl halides is 3. The minimum atomic E-state index is -5.08. The van der Waals surface area contributed by atoms with Gasteiger partial charge in [-0.1, -0.05) is 30.3 Å². The van der Waals surface area contributed by atoms with E-state index in [-0.39, 0.29) is 23.1 Å². The number of piperidine rings is 1. The molecule has 2 heterocycles. The summed E-state index contributed by atoms with van der Waals surface area (Å²) < 4.78 is 31.7. The Labute approximate surface area is 206 Å². The molecular weight excluding hydrogens is 475 g/mol. The molecule has 36 heavy (non-hydrogen) atoms. The molecule has 2 aromatic rings. The topological polar surface area (TPSA) is 99.6 Å². The van der Waals surface area contributed by atoms with Crippen LogP contribution in [0.25, 0.3) is 0 Å². The van der Waals surface area contributed by atoms with Crippen LogP contribution in [0.4, 0.5) is 13.2 Å². The predicted octanol–water partition coefficient (Wildman–Crippen LogP) is 4.04. The fraction of sp³-hybridized carbons (Fsp3) is 0.462. The highest BCUT2D eigenvalue weighted by molar-refractivity contribution is 5.92. The van der Waals surface area contributed by atoms with Gasteiger partial charge in [0.1, 0.15) is 5.69 Å². The number of carboxylic acids is 1. The van der Waals surface area contributed by atoms with Gasteiger partial charge in [0.05, 0.1) is 0 Å². The lowest BCUT2D eigenvalue weighted by Gasteiger charge is -2.40. The zero-order valence-corrected chi connectivity index (χ0v) is 19.6. The summed E-state index contributed by atoms with van der Waals surface area (Å²) >= 11 is 0. The highest BCUT2D eigenvalue weighted by Gasteiger charge is 2.46. The third-order valence-corrected chi connectivity index (χ3v) is 7.12. The zero-order valence-electron chi connectivity index (χ0n) is 19.6. The van der Waals surface area contributed by atoms with Crippen LogP contribution in [0, 0.1) is 0 Å². The summed E-state index contributed by atoms with van der Waals surface area (Å²) in [6.45, 7) is 1.48. The van der Waals surface area contributed by atoms with E-state index in [4.69, 9.17) is 9.90 Å². The number of nitrogens with one attached hydrogen (secondary N) is 1. The number of carboxylic acid groups (broad SMARTS) is 1. The monoisotopic (exact) mass is 503 g/mol. The van der Waals surface area contributed by atoms with Crippen LogP contribution in [0.1, 0.15) is 66.1 Å². The fourth-order valence-electron chi connectivity index (χ4n) is 5.21. The van der Waals surface area contributed by atoms with E-state index in [0.29, 0.717) is 18.2 Å². The quantitative estimate of drug-likeness (QED) is 0.656. The minimum absolute atomic E-state index is 0.0205. The summed E-state index contributed by atoms with van der Waals surface area (Å²) in [4.78, 5) is 40.3.